The summed E-state index contributed by atoms with van der Waals surface area (Å²) < 4.78 is 5.98. The molecule has 1 aromatic carbocycles. The first-order valence-electron chi connectivity index (χ1n) is 6.57. The van der Waals surface area contributed by atoms with E-state index < -0.39 is 0 Å². The van der Waals surface area contributed by atoms with Crippen molar-refractivity contribution in [3.05, 3.63) is 35.9 Å². The van der Waals surface area contributed by atoms with Crippen LogP contribution in [0.25, 0.3) is 0 Å². The summed E-state index contributed by atoms with van der Waals surface area (Å²) in [6, 6.07) is 10.3. The summed E-state index contributed by atoms with van der Waals surface area (Å²) in [5.74, 6) is 0.602. The van der Waals surface area contributed by atoms with E-state index >= 15 is 0 Å². The summed E-state index contributed by atoms with van der Waals surface area (Å²) in [4.78, 5) is 0. The van der Waals surface area contributed by atoms with Gasteiger partial charge in [-0.2, -0.15) is 0 Å². The quantitative estimate of drug-likeness (QED) is 0.784. The van der Waals surface area contributed by atoms with Crippen LogP contribution in [0.2, 0.25) is 0 Å². The third-order valence-electron chi connectivity index (χ3n) is 2.95. The van der Waals surface area contributed by atoms with Gasteiger partial charge in [0.2, 0.25) is 0 Å². The summed E-state index contributed by atoms with van der Waals surface area (Å²) in [5.41, 5.74) is 7.18. The van der Waals surface area contributed by atoms with Crippen LogP contribution in [0, 0.1) is 5.92 Å². The van der Waals surface area contributed by atoms with E-state index in [0.717, 1.165) is 6.61 Å². The number of hydrogen-bond donors (Lipinski definition) is 1. The number of hydrogen-bond acceptors (Lipinski definition) is 2. The molecular weight excluding hydrogens is 210 g/mol. The lowest BCUT2D eigenvalue weighted by atomic mass is 10.0. The minimum absolute atomic E-state index is 0.00973. The van der Waals surface area contributed by atoms with Crippen LogP contribution in [-0.2, 0) is 4.74 Å². The van der Waals surface area contributed by atoms with E-state index in [4.69, 9.17) is 10.5 Å². The molecule has 96 valence electrons. The maximum absolute atomic E-state index is 6.00. The Hall–Kier alpha value is -0.860. The number of rotatable bonds is 7. The molecule has 2 N–H and O–H groups in total. The van der Waals surface area contributed by atoms with E-state index in [-0.39, 0.29) is 12.1 Å². The fourth-order valence-electron chi connectivity index (χ4n) is 2.04. The van der Waals surface area contributed by atoms with E-state index in [1.54, 1.807) is 0 Å². The number of ether oxygens (including phenoxy) is 1. The van der Waals surface area contributed by atoms with Crippen LogP contribution in [0.5, 0.6) is 0 Å². The van der Waals surface area contributed by atoms with Crippen LogP contribution in [0.15, 0.2) is 30.3 Å². The molecule has 3 atom stereocenters. The maximum Gasteiger partial charge on any atom is 0.0973 e. The van der Waals surface area contributed by atoms with Crippen LogP contribution < -0.4 is 5.73 Å². The van der Waals surface area contributed by atoms with Crippen molar-refractivity contribution in [2.45, 2.75) is 45.8 Å². The zero-order valence-corrected chi connectivity index (χ0v) is 11.2. The zero-order chi connectivity index (χ0) is 12.7. The van der Waals surface area contributed by atoms with Crippen LogP contribution in [0.4, 0.5) is 0 Å². The van der Waals surface area contributed by atoms with Gasteiger partial charge in [0, 0.05) is 6.04 Å². The molecule has 0 saturated carbocycles. The van der Waals surface area contributed by atoms with Crippen molar-refractivity contribution in [2.24, 2.45) is 11.7 Å². The predicted octanol–water partition coefficient (Wildman–Crippen LogP) is 3.53. The van der Waals surface area contributed by atoms with Gasteiger partial charge in [0.1, 0.15) is 0 Å². The summed E-state index contributed by atoms with van der Waals surface area (Å²) in [6.07, 6.45) is 2.43. The molecule has 0 aromatic heterocycles. The smallest absolute Gasteiger partial charge is 0.0973 e. The lowest BCUT2D eigenvalue weighted by Crippen LogP contribution is -2.28. The third kappa shape index (κ3) is 4.88. The van der Waals surface area contributed by atoms with E-state index in [0.29, 0.717) is 5.92 Å². The molecule has 0 spiro atoms. The van der Waals surface area contributed by atoms with Crippen LogP contribution in [0.3, 0.4) is 0 Å². The topological polar surface area (TPSA) is 35.2 Å². The minimum Gasteiger partial charge on any atom is -0.372 e. The highest BCUT2D eigenvalue weighted by Crippen LogP contribution is 2.21. The summed E-state index contributed by atoms with van der Waals surface area (Å²) in [7, 11) is 0. The van der Waals surface area contributed by atoms with Crippen molar-refractivity contribution in [1.29, 1.82) is 0 Å². The molecule has 0 bridgehead atoms. The SMILES string of the molecule is CCCC(C)COC(c1ccccc1)C(C)N. The van der Waals surface area contributed by atoms with Gasteiger partial charge in [-0.25, -0.2) is 0 Å². The molecule has 0 radical (unpaired) electrons. The van der Waals surface area contributed by atoms with Crippen molar-refractivity contribution in [2.75, 3.05) is 6.61 Å². The predicted molar refractivity (Wildman–Crippen MR) is 72.9 cm³/mol. The van der Waals surface area contributed by atoms with Crippen LogP contribution in [-0.4, -0.2) is 12.6 Å². The van der Waals surface area contributed by atoms with Crippen LogP contribution >= 0.6 is 0 Å². The first-order valence-corrected chi connectivity index (χ1v) is 6.57. The first kappa shape index (κ1) is 14.2. The van der Waals surface area contributed by atoms with Gasteiger partial charge in [0.25, 0.3) is 0 Å². The molecule has 0 aliphatic rings. The Morgan fingerprint density at radius 1 is 1.18 bits per heavy atom. The van der Waals surface area contributed by atoms with E-state index in [9.17, 15) is 0 Å². The molecule has 0 heterocycles. The molecule has 0 aliphatic carbocycles. The third-order valence-corrected chi connectivity index (χ3v) is 2.95. The van der Waals surface area contributed by atoms with Gasteiger partial charge in [-0.1, -0.05) is 50.6 Å². The molecule has 0 fully saturated rings. The first-order chi connectivity index (χ1) is 8.15. The molecule has 0 amide bonds. The largest absolute Gasteiger partial charge is 0.372 e. The highest BCUT2D eigenvalue weighted by atomic mass is 16.5. The summed E-state index contributed by atoms with van der Waals surface area (Å²) in [6.45, 7) is 7.22. The Labute approximate surface area is 105 Å². The second-order valence-electron chi connectivity index (χ2n) is 4.92. The maximum atomic E-state index is 6.00. The van der Waals surface area contributed by atoms with Gasteiger partial charge in [-0.05, 0) is 24.8 Å². The Morgan fingerprint density at radius 2 is 1.82 bits per heavy atom. The molecule has 1 aromatic rings. The number of nitrogens with two attached hydrogens (primary N) is 1. The van der Waals surface area contributed by atoms with Crippen molar-refractivity contribution < 1.29 is 4.74 Å². The van der Waals surface area contributed by atoms with Crippen molar-refractivity contribution >= 4 is 0 Å². The summed E-state index contributed by atoms with van der Waals surface area (Å²) >= 11 is 0. The van der Waals surface area contributed by atoms with Crippen molar-refractivity contribution in [1.82, 2.24) is 0 Å². The number of benzene rings is 1. The standard InChI is InChI=1S/C15H25NO/c1-4-8-12(2)11-17-15(13(3)16)14-9-6-5-7-10-14/h5-7,9-10,12-13,15H,4,8,11,16H2,1-3H3. The highest BCUT2D eigenvalue weighted by molar-refractivity contribution is 5.18. The van der Waals surface area contributed by atoms with Gasteiger partial charge in [-0.3, -0.25) is 0 Å². The minimum atomic E-state index is 0.00973. The zero-order valence-electron chi connectivity index (χ0n) is 11.2. The second-order valence-corrected chi connectivity index (χ2v) is 4.92. The van der Waals surface area contributed by atoms with Gasteiger partial charge >= 0.3 is 0 Å². The Morgan fingerprint density at radius 3 is 2.35 bits per heavy atom. The van der Waals surface area contributed by atoms with Crippen molar-refractivity contribution in [3.63, 3.8) is 0 Å². The van der Waals surface area contributed by atoms with E-state index in [1.165, 1.54) is 18.4 Å². The van der Waals surface area contributed by atoms with E-state index in [2.05, 4.69) is 26.0 Å². The lowest BCUT2D eigenvalue weighted by Gasteiger charge is -2.23. The van der Waals surface area contributed by atoms with Crippen LogP contribution in [0.1, 0.15) is 45.3 Å². The Kier molecular flexibility index (Phi) is 6.23. The molecule has 0 aliphatic heterocycles. The van der Waals surface area contributed by atoms with Gasteiger partial charge < -0.3 is 10.5 Å². The lowest BCUT2D eigenvalue weighted by molar-refractivity contribution is 0.0173. The average molecular weight is 235 g/mol. The highest BCUT2D eigenvalue weighted by Gasteiger charge is 2.17. The molecule has 2 nitrogen and oxygen atoms in total. The average Bonchev–Trinajstić information content (AvgIpc) is 2.30. The molecule has 1 rings (SSSR count). The normalized spacial score (nSPS) is 16.5. The molecule has 2 heteroatoms. The van der Waals surface area contributed by atoms with Gasteiger partial charge in [-0.15, -0.1) is 0 Å². The Bertz CT molecular complexity index is 297. The van der Waals surface area contributed by atoms with Gasteiger partial charge in [0.05, 0.1) is 12.7 Å². The van der Waals surface area contributed by atoms with Crippen molar-refractivity contribution in [3.8, 4) is 0 Å². The molecule has 0 saturated heterocycles. The fourth-order valence-corrected chi connectivity index (χ4v) is 2.04. The fraction of sp³-hybridized carbons (Fsp3) is 0.600. The second kappa shape index (κ2) is 7.46. The molecule has 17 heavy (non-hydrogen) atoms. The Balaban J connectivity index is 2.56. The summed E-state index contributed by atoms with van der Waals surface area (Å²) in [5, 5.41) is 0. The molecule has 3 unspecified atom stereocenters. The van der Waals surface area contributed by atoms with E-state index in [1.807, 2.05) is 25.1 Å². The molecular formula is C15H25NO. The monoisotopic (exact) mass is 235 g/mol. The van der Waals surface area contributed by atoms with Gasteiger partial charge in [0.15, 0.2) is 0 Å².